The van der Waals surface area contributed by atoms with Crippen LogP contribution in [-0.2, 0) is 9.53 Å². The lowest BCUT2D eigenvalue weighted by atomic mass is 9.86. The number of hydrogen-bond acceptors (Lipinski definition) is 3. The highest BCUT2D eigenvalue weighted by atomic mass is 35.5. The lowest BCUT2D eigenvalue weighted by molar-refractivity contribution is -0.153. The van der Waals surface area contributed by atoms with Gasteiger partial charge in [0.2, 0.25) is 5.78 Å². The summed E-state index contributed by atoms with van der Waals surface area (Å²) in [6.07, 6.45) is -1.91. The maximum absolute atomic E-state index is 13.6. The third-order valence-corrected chi connectivity index (χ3v) is 3.18. The number of hydrogen-bond donors (Lipinski definition) is 0. The van der Waals surface area contributed by atoms with Crippen molar-refractivity contribution >= 4 is 23.4 Å². The Morgan fingerprint density at radius 2 is 2.21 bits per heavy atom. The third-order valence-electron chi connectivity index (χ3n) is 2.94. The van der Waals surface area contributed by atoms with E-state index in [4.69, 9.17) is 16.3 Å². The Morgan fingerprint density at radius 3 is 2.84 bits per heavy atom. The normalized spacial score (nSPS) is 20.8. The van der Waals surface area contributed by atoms with Gasteiger partial charge in [0.05, 0.1) is 6.42 Å². The van der Waals surface area contributed by atoms with Crippen molar-refractivity contribution in [2.24, 2.45) is 0 Å². The Morgan fingerprint density at radius 1 is 1.53 bits per heavy atom. The van der Waals surface area contributed by atoms with Gasteiger partial charge in [-0.25, -0.2) is 0 Å². The van der Waals surface area contributed by atoms with E-state index in [1.54, 1.807) is 6.92 Å². The topological polar surface area (TPSA) is 43.4 Å². The molecule has 1 aliphatic carbocycles. The van der Waals surface area contributed by atoms with Gasteiger partial charge in [0.25, 0.3) is 0 Å². The Hall–Kier alpha value is -1.49. The summed E-state index contributed by atoms with van der Waals surface area (Å²) in [6, 6.07) is 3.98. The molecule has 0 fully saturated rings. The maximum atomic E-state index is 13.6. The second-order valence-electron chi connectivity index (χ2n) is 4.30. The van der Waals surface area contributed by atoms with Gasteiger partial charge in [-0.15, -0.1) is 0 Å². The fourth-order valence-corrected chi connectivity index (χ4v) is 2.17. The molecule has 102 valence electrons. The molecule has 0 aliphatic heterocycles. The van der Waals surface area contributed by atoms with Crippen molar-refractivity contribution < 1.29 is 23.1 Å². The standard InChI is InChI=1S/C13H11ClF2O3/c1-2-11(17)19-10-6-13(15,16)12(18)8-4-3-7(14)5-9(8)10/h3-5,10H,2,6H2,1H3. The van der Waals surface area contributed by atoms with Crippen molar-refractivity contribution in [1.82, 2.24) is 0 Å². The largest absolute Gasteiger partial charge is 0.457 e. The van der Waals surface area contributed by atoms with Gasteiger partial charge in [0.1, 0.15) is 6.10 Å². The fraction of sp³-hybridized carbons (Fsp3) is 0.385. The van der Waals surface area contributed by atoms with E-state index in [2.05, 4.69) is 0 Å². The number of alkyl halides is 2. The summed E-state index contributed by atoms with van der Waals surface area (Å²) in [6.45, 7) is 1.56. The molecule has 0 N–H and O–H groups in total. The zero-order valence-corrected chi connectivity index (χ0v) is 10.8. The monoisotopic (exact) mass is 288 g/mol. The Labute approximate surface area is 113 Å². The summed E-state index contributed by atoms with van der Waals surface area (Å²) in [7, 11) is 0. The summed E-state index contributed by atoms with van der Waals surface area (Å²) >= 11 is 5.79. The number of carbonyl (C=O) groups is 2. The number of ketones is 1. The molecule has 0 aromatic heterocycles. The quantitative estimate of drug-likeness (QED) is 0.782. The molecule has 0 radical (unpaired) electrons. The zero-order chi connectivity index (χ0) is 14.2. The van der Waals surface area contributed by atoms with E-state index in [-0.39, 0.29) is 17.5 Å². The number of esters is 1. The average molecular weight is 289 g/mol. The number of halogens is 3. The number of ether oxygens (including phenoxy) is 1. The van der Waals surface area contributed by atoms with Gasteiger partial charge in [-0.05, 0) is 18.2 Å². The molecule has 0 bridgehead atoms. The molecule has 2 rings (SSSR count). The first-order valence-electron chi connectivity index (χ1n) is 5.76. The van der Waals surface area contributed by atoms with Gasteiger partial charge in [-0.2, -0.15) is 8.78 Å². The first-order valence-corrected chi connectivity index (χ1v) is 6.14. The molecule has 0 heterocycles. The summed E-state index contributed by atoms with van der Waals surface area (Å²) in [5, 5.41) is 0.300. The molecule has 0 saturated carbocycles. The van der Waals surface area contributed by atoms with Crippen LogP contribution in [0.4, 0.5) is 8.78 Å². The van der Waals surface area contributed by atoms with Crippen LogP contribution in [0.2, 0.25) is 5.02 Å². The Balaban J connectivity index is 2.46. The molecule has 6 heteroatoms. The number of Topliss-reactive ketones (excluding diaryl/α,β-unsaturated/α-hetero) is 1. The van der Waals surface area contributed by atoms with E-state index < -0.39 is 30.2 Å². The number of fused-ring (bicyclic) bond motifs is 1. The van der Waals surface area contributed by atoms with Gasteiger partial charge in [-0.3, -0.25) is 9.59 Å². The average Bonchev–Trinajstić information content (AvgIpc) is 2.35. The van der Waals surface area contributed by atoms with Gasteiger partial charge < -0.3 is 4.74 Å². The van der Waals surface area contributed by atoms with Crippen LogP contribution in [0.5, 0.6) is 0 Å². The molecule has 0 saturated heterocycles. The van der Waals surface area contributed by atoms with Gasteiger partial charge >= 0.3 is 11.9 Å². The molecule has 0 amide bonds. The summed E-state index contributed by atoms with van der Waals surface area (Å²) < 4.78 is 32.2. The highest BCUT2D eigenvalue weighted by Crippen LogP contribution is 2.41. The van der Waals surface area contributed by atoms with Gasteiger partial charge in [-0.1, -0.05) is 18.5 Å². The van der Waals surface area contributed by atoms with Crippen LogP contribution >= 0.6 is 11.6 Å². The van der Waals surface area contributed by atoms with Gasteiger partial charge in [0.15, 0.2) is 0 Å². The van der Waals surface area contributed by atoms with Crippen LogP contribution < -0.4 is 0 Å². The predicted octanol–water partition coefficient (Wildman–Crippen LogP) is 3.56. The second-order valence-corrected chi connectivity index (χ2v) is 4.74. The Kier molecular flexibility index (Phi) is 3.58. The summed E-state index contributed by atoms with van der Waals surface area (Å²) in [5.74, 6) is -5.39. The smallest absolute Gasteiger partial charge is 0.313 e. The molecular weight excluding hydrogens is 278 g/mol. The van der Waals surface area contributed by atoms with E-state index in [0.717, 1.165) is 0 Å². The lowest BCUT2D eigenvalue weighted by Gasteiger charge is -2.29. The predicted molar refractivity (Wildman–Crippen MR) is 64.5 cm³/mol. The van der Waals surface area contributed by atoms with Crippen LogP contribution in [0, 0.1) is 0 Å². The molecular formula is C13H11ClF2O3. The lowest BCUT2D eigenvalue weighted by Crippen LogP contribution is -2.37. The fourth-order valence-electron chi connectivity index (χ4n) is 1.99. The highest BCUT2D eigenvalue weighted by molar-refractivity contribution is 6.30. The maximum Gasteiger partial charge on any atom is 0.313 e. The van der Waals surface area contributed by atoms with E-state index in [9.17, 15) is 18.4 Å². The molecule has 1 atom stereocenters. The van der Waals surface area contributed by atoms with Crippen molar-refractivity contribution in [2.75, 3.05) is 0 Å². The van der Waals surface area contributed by atoms with Crippen LogP contribution in [0.1, 0.15) is 41.8 Å². The minimum absolute atomic E-state index is 0.0753. The molecule has 1 aliphatic rings. The van der Waals surface area contributed by atoms with Crippen LogP contribution in [-0.4, -0.2) is 17.7 Å². The van der Waals surface area contributed by atoms with Crippen molar-refractivity contribution in [2.45, 2.75) is 31.8 Å². The van der Waals surface area contributed by atoms with Crippen LogP contribution in [0.25, 0.3) is 0 Å². The first-order chi connectivity index (χ1) is 8.85. The van der Waals surface area contributed by atoms with Crippen LogP contribution in [0.15, 0.2) is 18.2 Å². The van der Waals surface area contributed by atoms with E-state index >= 15 is 0 Å². The van der Waals surface area contributed by atoms with Crippen molar-refractivity contribution in [3.8, 4) is 0 Å². The van der Waals surface area contributed by atoms with E-state index in [1.165, 1.54) is 18.2 Å². The minimum atomic E-state index is -3.53. The number of benzene rings is 1. The summed E-state index contributed by atoms with van der Waals surface area (Å²) in [4.78, 5) is 22.9. The van der Waals surface area contributed by atoms with Crippen molar-refractivity contribution in [1.29, 1.82) is 0 Å². The minimum Gasteiger partial charge on any atom is -0.457 e. The first kappa shape index (κ1) is 13.9. The van der Waals surface area contributed by atoms with E-state index in [1.807, 2.05) is 0 Å². The molecule has 0 spiro atoms. The van der Waals surface area contributed by atoms with Gasteiger partial charge in [0, 0.05) is 22.6 Å². The molecule has 19 heavy (non-hydrogen) atoms. The molecule has 1 aromatic rings. The second kappa shape index (κ2) is 4.89. The Bertz CT molecular complexity index is 543. The molecule has 3 nitrogen and oxygen atoms in total. The zero-order valence-electron chi connectivity index (χ0n) is 10.1. The highest BCUT2D eigenvalue weighted by Gasteiger charge is 2.48. The number of rotatable bonds is 2. The summed E-state index contributed by atoms with van der Waals surface area (Å²) in [5.41, 5.74) is 0.0970. The molecule has 1 aromatic carbocycles. The van der Waals surface area contributed by atoms with E-state index in [0.29, 0.717) is 5.02 Å². The number of carbonyl (C=O) groups excluding carboxylic acids is 2. The van der Waals surface area contributed by atoms with Crippen molar-refractivity contribution in [3.05, 3.63) is 34.3 Å². The SMILES string of the molecule is CCC(=O)OC1CC(F)(F)C(=O)c2ccc(Cl)cc21. The van der Waals surface area contributed by atoms with Crippen LogP contribution in [0.3, 0.4) is 0 Å². The third kappa shape index (κ3) is 2.61. The van der Waals surface area contributed by atoms with Crippen molar-refractivity contribution in [3.63, 3.8) is 0 Å². The molecule has 1 unspecified atom stereocenters.